The number of carbonyl (C=O) groups excluding carboxylic acids is 1. The number of nitrogens with zero attached hydrogens (tertiary/aromatic N) is 3. The number of rotatable bonds is 3. The van der Waals surface area contributed by atoms with Gasteiger partial charge in [0.1, 0.15) is 17.2 Å². The summed E-state index contributed by atoms with van der Waals surface area (Å²) in [4.78, 5) is 13.8. The van der Waals surface area contributed by atoms with Gasteiger partial charge < -0.3 is 9.69 Å². The van der Waals surface area contributed by atoms with Crippen molar-refractivity contribution in [3.63, 3.8) is 0 Å². The van der Waals surface area contributed by atoms with Crippen LogP contribution in [0.3, 0.4) is 0 Å². The average Bonchev–Trinajstić information content (AvgIpc) is 3.21. The number of benzene rings is 1. The standard InChI is InChI=1S/C17H17N3O/c1-2-13-8-15-17(12-21,9-16(13,10-18)11-19)20(15)14-6-4-3-5-7-14/h3-7,12-13,15H,2,8-9H2,1H3/t13-,15+,17+,20?/m1/s1. The molecule has 1 aromatic carbocycles. The van der Waals surface area contributed by atoms with E-state index in [-0.39, 0.29) is 12.0 Å². The Morgan fingerprint density at radius 3 is 2.52 bits per heavy atom. The van der Waals surface area contributed by atoms with Gasteiger partial charge in [-0.2, -0.15) is 10.5 Å². The van der Waals surface area contributed by atoms with Crippen molar-refractivity contribution in [1.29, 1.82) is 10.5 Å². The lowest BCUT2D eigenvalue weighted by Crippen LogP contribution is -2.41. The van der Waals surface area contributed by atoms with Crippen LogP contribution in [-0.4, -0.2) is 17.9 Å². The van der Waals surface area contributed by atoms with Gasteiger partial charge in [0.2, 0.25) is 0 Å². The zero-order chi connectivity index (χ0) is 15.1. The molecule has 0 aromatic heterocycles. The first-order valence-electron chi connectivity index (χ1n) is 7.30. The van der Waals surface area contributed by atoms with Gasteiger partial charge in [0.05, 0.1) is 18.2 Å². The summed E-state index contributed by atoms with van der Waals surface area (Å²) in [6.45, 7) is 2.01. The van der Waals surface area contributed by atoms with Crippen molar-refractivity contribution >= 4 is 12.0 Å². The fraction of sp³-hybridized carbons (Fsp3) is 0.471. The predicted molar refractivity (Wildman–Crippen MR) is 78.2 cm³/mol. The van der Waals surface area contributed by atoms with Crippen LogP contribution in [0.25, 0.3) is 0 Å². The molecule has 1 aromatic rings. The number of anilines is 1. The van der Waals surface area contributed by atoms with E-state index in [1.165, 1.54) is 0 Å². The van der Waals surface area contributed by atoms with Crippen LogP contribution in [-0.2, 0) is 4.79 Å². The average molecular weight is 279 g/mol. The molecule has 1 aliphatic carbocycles. The van der Waals surface area contributed by atoms with Crippen LogP contribution >= 0.6 is 0 Å². The molecule has 0 spiro atoms. The third kappa shape index (κ3) is 1.69. The fourth-order valence-corrected chi connectivity index (χ4v) is 3.97. The molecule has 21 heavy (non-hydrogen) atoms. The van der Waals surface area contributed by atoms with Gasteiger partial charge in [-0.25, -0.2) is 0 Å². The summed E-state index contributed by atoms with van der Waals surface area (Å²) in [7, 11) is 0. The molecule has 1 heterocycles. The Bertz CT molecular complexity index is 628. The molecule has 0 amide bonds. The van der Waals surface area contributed by atoms with Crippen molar-refractivity contribution in [2.45, 2.75) is 37.8 Å². The molecule has 0 radical (unpaired) electrons. The molecule has 1 aliphatic heterocycles. The molecule has 0 bridgehead atoms. The molecular weight excluding hydrogens is 262 g/mol. The highest BCUT2D eigenvalue weighted by atomic mass is 16.1. The van der Waals surface area contributed by atoms with Gasteiger partial charge in [0, 0.05) is 12.1 Å². The fourth-order valence-electron chi connectivity index (χ4n) is 3.97. The molecule has 0 N–H and O–H groups in total. The second kappa shape index (κ2) is 4.60. The van der Waals surface area contributed by atoms with Crippen LogP contribution in [0.5, 0.6) is 0 Å². The lowest BCUT2D eigenvalue weighted by Gasteiger charge is -2.33. The highest BCUT2D eigenvalue weighted by Crippen LogP contribution is 2.59. The molecule has 4 nitrogen and oxygen atoms in total. The van der Waals surface area contributed by atoms with Crippen molar-refractivity contribution in [2.24, 2.45) is 11.3 Å². The van der Waals surface area contributed by atoms with Gasteiger partial charge in [0.25, 0.3) is 0 Å². The van der Waals surface area contributed by atoms with E-state index in [1.54, 1.807) is 0 Å². The van der Waals surface area contributed by atoms with Crippen molar-refractivity contribution < 1.29 is 4.79 Å². The van der Waals surface area contributed by atoms with E-state index in [0.29, 0.717) is 6.42 Å². The zero-order valence-electron chi connectivity index (χ0n) is 12.0. The van der Waals surface area contributed by atoms with Gasteiger partial charge >= 0.3 is 0 Å². The van der Waals surface area contributed by atoms with Crippen LogP contribution < -0.4 is 4.90 Å². The van der Waals surface area contributed by atoms with Gasteiger partial charge in [-0.15, -0.1) is 0 Å². The summed E-state index contributed by atoms with van der Waals surface area (Å²) in [5.41, 5.74) is -0.718. The number of hydrogen-bond donors (Lipinski definition) is 0. The van der Waals surface area contributed by atoms with Crippen LogP contribution in [0.1, 0.15) is 26.2 Å². The van der Waals surface area contributed by atoms with E-state index < -0.39 is 11.0 Å². The van der Waals surface area contributed by atoms with Gasteiger partial charge in [0.15, 0.2) is 0 Å². The van der Waals surface area contributed by atoms with E-state index >= 15 is 0 Å². The van der Waals surface area contributed by atoms with Crippen LogP contribution in [0.15, 0.2) is 30.3 Å². The van der Waals surface area contributed by atoms with Crippen molar-refractivity contribution in [3.8, 4) is 12.1 Å². The Morgan fingerprint density at radius 1 is 1.33 bits per heavy atom. The summed E-state index contributed by atoms with van der Waals surface area (Å²) >= 11 is 0. The third-order valence-corrected chi connectivity index (χ3v) is 5.17. The lowest BCUT2D eigenvalue weighted by atomic mass is 9.64. The number of aldehydes is 1. The quantitative estimate of drug-likeness (QED) is 0.630. The van der Waals surface area contributed by atoms with Gasteiger partial charge in [-0.1, -0.05) is 31.5 Å². The number of fused-ring (bicyclic) bond motifs is 1. The summed E-state index contributed by atoms with van der Waals surface area (Å²) in [5.74, 6) is 0.0271. The second-order valence-corrected chi connectivity index (χ2v) is 6.04. The Kier molecular flexibility index (Phi) is 2.99. The Balaban J connectivity index is 2.00. The smallest absolute Gasteiger partial charge is 0.149 e. The maximum absolute atomic E-state index is 11.8. The Morgan fingerprint density at radius 2 is 2.00 bits per heavy atom. The SMILES string of the molecule is CC[C@@H]1C[C@@H]2N(c3ccccc3)[C@]2(C=O)CC1(C#N)C#N. The summed E-state index contributed by atoms with van der Waals surface area (Å²) in [6, 6.07) is 14.3. The molecule has 3 atom stereocenters. The van der Waals surface area contributed by atoms with Crippen LogP contribution in [0.4, 0.5) is 5.69 Å². The topological polar surface area (TPSA) is 67.7 Å². The van der Waals surface area contributed by atoms with Gasteiger partial charge in [-0.05, 0) is 24.5 Å². The molecule has 0 unspecified atom stereocenters. The molecule has 4 heteroatoms. The molecule has 2 fully saturated rings. The number of hydrogen-bond acceptors (Lipinski definition) is 4. The normalized spacial score (nSPS) is 32.4. The maximum atomic E-state index is 11.8. The largest absolute Gasteiger partial charge is 0.351 e. The first kappa shape index (κ1) is 13.6. The van der Waals surface area contributed by atoms with E-state index in [4.69, 9.17) is 0 Å². The number of nitriles is 2. The minimum Gasteiger partial charge on any atom is -0.351 e. The molecule has 1 saturated heterocycles. The molecular formula is C17H17N3O. The third-order valence-electron chi connectivity index (χ3n) is 5.17. The Labute approximate surface area is 124 Å². The first-order valence-corrected chi connectivity index (χ1v) is 7.30. The van der Waals surface area contributed by atoms with Crippen LogP contribution in [0, 0.1) is 34.0 Å². The molecule has 106 valence electrons. The monoisotopic (exact) mass is 279 g/mol. The lowest BCUT2D eigenvalue weighted by molar-refractivity contribution is -0.110. The van der Waals surface area contributed by atoms with Gasteiger partial charge in [-0.3, -0.25) is 0 Å². The van der Waals surface area contributed by atoms with Crippen molar-refractivity contribution in [3.05, 3.63) is 30.3 Å². The summed E-state index contributed by atoms with van der Waals surface area (Å²) < 4.78 is 0. The van der Waals surface area contributed by atoms with Crippen molar-refractivity contribution in [2.75, 3.05) is 4.90 Å². The number of carbonyl (C=O) groups is 1. The minimum absolute atomic E-state index is 0.0271. The molecule has 3 rings (SSSR count). The van der Waals surface area contributed by atoms with E-state index in [1.807, 2.05) is 37.3 Å². The van der Waals surface area contributed by atoms with E-state index in [9.17, 15) is 15.3 Å². The summed E-state index contributed by atoms with van der Waals surface area (Å²) in [6.07, 6.45) is 2.77. The van der Waals surface area contributed by atoms with Crippen LogP contribution in [0.2, 0.25) is 0 Å². The first-order chi connectivity index (χ1) is 10.2. The number of para-hydroxylation sites is 1. The minimum atomic E-state index is -1.05. The maximum Gasteiger partial charge on any atom is 0.149 e. The highest BCUT2D eigenvalue weighted by molar-refractivity contribution is 5.85. The second-order valence-electron chi connectivity index (χ2n) is 6.04. The highest BCUT2D eigenvalue weighted by Gasteiger charge is 2.70. The van der Waals surface area contributed by atoms with E-state index in [2.05, 4.69) is 17.0 Å². The Hall–Kier alpha value is -2.33. The predicted octanol–water partition coefficient (Wildman–Crippen LogP) is 2.67. The molecule has 2 aliphatic rings. The van der Waals surface area contributed by atoms with E-state index in [0.717, 1.165) is 24.8 Å². The summed E-state index contributed by atoms with van der Waals surface area (Å²) in [5, 5.41) is 19.1. The zero-order valence-corrected chi connectivity index (χ0v) is 12.0. The molecule has 1 saturated carbocycles. The van der Waals surface area contributed by atoms with Crippen molar-refractivity contribution in [1.82, 2.24) is 0 Å².